The number of carbonyl (C=O) groups is 2. The van der Waals surface area contributed by atoms with Crippen LogP contribution in [0.15, 0.2) is 54.6 Å². The second-order valence-electron chi connectivity index (χ2n) is 7.08. The molecular weight excluding hydrogens is 390 g/mol. The molecule has 1 N–H and O–H groups in total. The van der Waals surface area contributed by atoms with E-state index >= 15 is 0 Å². The van der Waals surface area contributed by atoms with Gasteiger partial charge in [0.2, 0.25) is 0 Å². The fraction of sp³-hybridized carbons (Fsp3) is 0.273. The summed E-state index contributed by atoms with van der Waals surface area (Å²) < 4.78 is 5.03. The molecule has 0 radical (unpaired) electrons. The van der Waals surface area contributed by atoms with Crippen molar-refractivity contribution in [3.8, 4) is 0 Å². The molecule has 1 amide bonds. The van der Waals surface area contributed by atoms with Crippen molar-refractivity contribution in [1.29, 1.82) is 0 Å². The van der Waals surface area contributed by atoms with Crippen LogP contribution in [0.5, 0.6) is 0 Å². The summed E-state index contributed by atoms with van der Waals surface area (Å²) in [7, 11) is 1.39. The van der Waals surface area contributed by atoms with Crippen LogP contribution in [-0.2, 0) is 9.53 Å². The highest BCUT2D eigenvalue weighted by molar-refractivity contribution is 6.30. The Morgan fingerprint density at radius 2 is 1.72 bits per heavy atom. The molecule has 1 aliphatic rings. The molecule has 0 saturated carbocycles. The molecule has 4 rings (SSSR count). The van der Waals surface area contributed by atoms with Crippen molar-refractivity contribution in [2.24, 2.45) is 0 Å². The van der Waals surface area contributed by atoms with Crippen LogP contribution in [0.1, 0.15) is 22.1 Å². The minimum Gasteiger partial charge on any atom is -0.468 e. The number of amides is 1. The third-order valence-corrected chi connectivity index (χ3v) is 5.59. The van der Waals surface area contributed by atoms with Gasteiger partial charge in [-0.05, 0) is 29.8 Å². The molecule has 0 aliphatic carbocycles. The molecule has 1 atom stereocenters. The summed E-state index contributed by atoms with van der Waals surface area (Å²) in [6.45, 7) is 2.23. The van der Waals surface area contributed by atoms with Gasteiger partial charge in [-0.1, -0.05) is 41.9 Å². The van der Waals surface area contributed by atoms with Gasteiger partial charge in [-0.2, -0.15) is 0 Å². The average Bonchev–Trinajstić information content (AvgIpc) is 3.19. The molecule has 150 valence electrons. The van der Waals surface area contributed by atoms with Crippen molar-refractivity contribution < 1.29 is 14.3 Å². The van der Waals surface area contributed by atoms with Crippen LogP contribution in [0.2, 0.25) is 5.02 Å². The second-order valence-corrected chi connectivity index (χ2v) is 7.51. The normalized spacial score (nSPS) is 16.0. The van der Waals surface area contributed by atoms with Crippen molar-refractivity contribution in [2.45, 2.75) is 6.04 Å². The molecular formula is C22H22ClN3O3. The zero-order valence-electron chi connectivity index (χ0n) is 16.1. The van der Waals surface area contributed by atoms with E-state index in [1.165, 1.54) is 7.11 Å². The molecule has 1 aromatic heterocycles. The Labute approximate surface area is 174 Å². The highest BCUT2D eigenvalue weighted by atomic mass is 35.5. The smallest absolute Gasteiger partial charge is 0.327 e. The third kappa shape index (κ3) is 3.99. The predicted molar refractivity (Wildman–Crippen MR) is 112 cm³/mol. The standard InChI is InChI=1S/C22H22ClN3O3/c1-29-22(28)20(15-6-8-17(23)9-7-15)25-10-12-26(13-11-25)21(27)19-14-16-4-2-3-5-18(16)24-19/h2-9,14,20,24H,10-13H2,1H3/t20-/m1/s1. The van der Waals surface area contributed by atoms with Gasteiger partial charge in [0.15, 0.2) is 0 Å². The number of ether oxygens (including phenoxy) is 1. The number of nitrogens with zero attached hydrogens (tertiary/aromatic N) is 2. The number of para-hydroxylation sites is 1. The Balaban J connectivity index is 1.47. The number of piperazine rings is 1. The molecule has 0 unspecified atom stereocenters. The summed E-state index contributed by atoms with van der Waals surface area (Å²) in [4.78, 5) is 32.4. The number of benzene rings is 2. The largest absolute Gasteiger partial charge is 0.468 e. The lowest BCUT2D eigenvalue weighted by Gasteiger charge is -2.38. The maximum Gasteiger partial charge on any atom is 0.327 e. The Morgan fingerprint density at radius 1 is 1.03 bits per heavy atom. The Kier molecular flexibility index (Phi) is 5.56. The molecule has 2 heterocycles. The highest BCUT2D eigenvalue weighted by Crippen LogP contribution is 2.26. The number of carbonyl (C=O) groups excluding carboxylic acids is 2. The summed E-state index contributed by atoms with van der Waals surface area (Å²) in [6.07, 6.45) is 0. The lowest BCUT2D eigenvalue weighted by Crippen LogP contribution is -2.51. The summed E-state index contributed by atoms with van der Waals surface area (Å²) in [6, 6.07) is 16.4. The molecule has 6 nitrogen and oxygen atoms in total. The second kappa shape index (κ2) is 8.27. The van der Waals surface area contributed by atoms with Gasteiger partial charge in [0.05, 0.1) is 7.11 Å². The zero-order valence-corrected chi connectivity index (χ0v) is 16.9. The number of hydrogen-bond donors (Lipinski definition) is 1. The van der Waals surface area contributed by atoms with Gasteiger partial charge in [0.1, 0.15) is 11.7 Å². The zero-order chi connectivity index (χ0) is 20.4. The van der Waals surface area contributed by atoms with E-state index < -0.39 is 6.04 Å². The number of rotatable bonds is 4. The minimum absolute atomic E-state index is 0.0260. The lowest BCUT2D eigenvalue weighted by molar-refractivity contribution is -0.148. The van der Waals surface area contributed by atoms with E-state index in [0.29, 0.717) is 36.9 Å². The van der Waals surface area contributed by atoms with Crippen LogP contribution in [0.3, 0.4) is 0 Å². The number of methoxy groups -OCH3 is 1. The van der Waals surface area contributed by atoms with Gasteiger partial charge in [0, 0.05) is 42.1 Å². The summed E-state index contributed by atoms with van der Waals surface area (Å²) in [5, 5.41) is 1.63. The summed E-state index contributed by atoms with van der Waals surface area (Å²) in [5.41, 5.74) is 2.36. The topological polar surface area (TPSA) is 65.6 Å². The summed E-state index contributed by atoms with van der Waals surface area (Å²) >= 11 is 5.98. The molecule has 7 heteroatoms. The van der Waals surface area contributed by atoms with E-state index in [-0.39, 0.29) is 11.9 Å². The first-order valence-corrected chi connectivity index (χ1v) is 9.89. The van der Waals surface area contributed by atoms with E-state index in [1.807, 2.05) is 52.3 Å². The number of nitrogens with one attached hydrogen (secondary N) is 1. The Morgan fingerprint density at radius 3 is 2.38 bits per heavy atom. The van der Waals surface area contributed by atoms with Crippen LogP contribution in [0, 0.1) is 0 Å². The van der Waals surface area contributed by atoms with Crippen LogP contribution in [0.4, 0.5) is 0 Å². The van der Waals surface area contributed by atoms with Crippen molar-refractivity contribution in [1.82, 2.24) is 14.8 Å². The first kappa shape index (κ1) is 19.5. The first-order chi connectivity index (χ1) is 14.1. The van der Waals surface area contributed by atoms with Gasteiger partial charge in [-0.3, -0.25) is 9.69 Å². The van der Waals surface area contributed by atoms with E-state index in [9.17, 15) is 9.59 Å². The molecule has 3 aromatic rings. The quantitative estimate of drug-likeness (QED) is 0.667. The first-order valence-electron chi connectivity index (χ1n) is 9.51. The van der Waals surface area contributed by atoms with Crippen molar-refractivity contribution in [3.63, 3.8) is 0 Å². The van der Waals surface area contributed by atoms with Gasteiger partial charge >= 0.3 is 5.97 Å². The highest BCUT2D eigenvalue weighted by Gasteiger charge is 2.32. The van der Waals surface area contributed by atoms with Gasteiger partial charge in [-0.15, -0.1) is 0 Å². The number of fused-ring (bicyclic) bond motifs is 1. The number of esters is 1. The predicted octanol–water partition coefficient (Wildman–Crippen LogP) is 3.49. The number of H-pyrrole nitrogens is 1. The van der Waals surface area contributed by atoms with Crippen LogP contribution in [-0.4, -0.2) is 59.9 Å². The molecule has 1 fully saturated rings. The number of hydrogen-bond acceptors (Lipinski definition) is 4. The van der Waals surface area contributed by atoms with Gasteiger partial charge in [0.25, 0.3) is 5.91 Å². The number of aromatic amines is 1. The van der Waals surface area contributed by atoms with E-state index in [2.05, 4.69) is 4.98 Å². The number of halogens is 1. The van der Waals surface area contributed by atoms with Crippen LogP contribution >= 0.6 is 11.6 Å². The Hall–Kier alpha value is -2.83. The van der Waals surface area contributed by atoms with Crippen molar-refractivity contribution in [3.05, 3.63) is 70.9 Å². The fourth-order valence-corrected chi connectivity index (χ4v) is 3.92. The number of aromatic nitrogens is 1. The van der Waals surface area contributed by atoms with E-state index in [0.717, 1.165) is 16.5 Å². The maximum absolute atomic E-state index is 12.9. The fourth-order valence-electron chi connectivity index (χ4n) is 3.79. The molecule has 0 spiro atoms. The maximum atomic E-state index is 12.9. The molecule has 0 bridgehead atoms. The Bertz CT molecular complexity index is 990. The summed E-state index contributed by atoms with van der Waals surface area (Å²) in [5.74, 6) is -0.343. The van der Waals surface area contributed by atoms with Crippen LogP contribution in [0.25, 0.3) is 10.9 Å². The molecule has 2 aromatic carbocycles. The van der Waals surface area contributed by atoms with Crippen molar-refractivity contribution in [2.75, 3.05) is 33.3 Å². The van der Waals surface area contributed by atoms with E-state index in [1.54, 1.807) is 12.1 Å². The van der Waals surface area contributed by atoms with Gasteiger partial charge in [-0.25, -0.2) is 4.79 Å². The monoisotopic (exact) mass is 411 g/mol. The third-order valence-electron chi connectivity index (χ3n) is 5.34. The average molecular weight is 412 g/mol. The lowest BCUT2D eigenvalue weighted by atomic mass is 10.0. The SMILES string of the molecule is COC(=O)[C@@H](c1ccc(Cl)cc1)N1CCN(C(=O)c2cc3ccccc3[nH]2)CC1. The van der Waals surface area contributed by atoms with Gasteiger partial charge < -0.3 is 14.6 Å². The molecule has 29 heavy (non-hydrogen) atoms. The minimum atomic E-state index is -0.511. The van der Waals surface area contributed by atoms with Crippen LogP contribution < -0.4 is 0 Å². The van der Waals surface area contributed by atoms with Crippen molar-refractivity contribution >= 4 is 34.4 Å². The van der Waals surface area contributed by atoms with E-state index in [4.69, 9.17) is 16.3 Å². The molecule has 1 saturated heterocycles. The molecule has 1 aliphatic heterocycles.